The van der Waals surface area contributed by atoms with Crippen LogP contribution in [0.15, 0.2) is 0 Å². The van der Waals surface area contributed by atoms with Gasteiger partial charge in [0.05, 0.1) is 19.6 Å². The zero-order valence-corrected chi connectivity index (χ0v) is 7.79. The molecular weight excluding hydrogens is 168 g/mol. The van der Waals surface area contributed by atoms with Crippen LogP contribution >= 0.6 is 0 Å². The molecule has 2 rings (SSSR count). The van der Waals surface area contributed by atoms with Crippen LogP contribution in [-0.4, -0.2) is 24.3 Å². The normalized spacial score (nSPS) is 27.1. The van der Waals surface area contributed by atoms with Gasteiger partial charge in [-0.3, -0.25) is 4.79 Å². The molecule has 0 radical (unpaired) electrons. The van der Waals surface area contributed by atoms with Gasteiger partial charge in [0.15, 0.2) is 0 Å². The fourth-order valence-corrected chi connectivity index (χ4v) is 2.69. The molecule has 0 unspecified atom stereocenters. The molecule has 1 saturated heterocycles. The Morgan fingerprint density at radius 1 is 1.38 bits per heavy atom. The number of carbonyl (C=O) groups is 1. The van der Waals surface area contributed by atoms with Gasteiger partial charge in [-0.05, 0) is 18.8 Å². The third-order valence-electron chi connectivity index (χ3n) is 3.50. The van der Waals surface area contributed by atoms with E-state index in [1.165, 1.54) is 25.7 Å². The van der Waals surface area contributed by atoms with Gasteiger partial charge in [0.1, 0.15) is 0 Å². The molecule has 1 aliphatic heterocycles. The van der Waals surface area contributed by atoms with Gasteiger partial charge in [-0.25, -0.2) is 0 Å². The van der Waals surface area contributed by atoms with Gasteiger partial charge < -0.3 is 9.84 Å². The van der Waals surface area contributed by atoms with Gasteiger partial charge in [-0.15, -0.1) is 0 Å². The molecule has 0 aromatic rings. The third-order valence-corrected chi connectivity index (χ3v) is 3.50. The molecule has 1 saturated carbocycles. The quantitative estimate of drug-likeness (QED) is 0.725. The number of rotatable bonds is 3. The highest BCUT2D eigenvalue weighted by Gasteiger charge is 2.47. The highest BCUT2D eigenvalue weighted by molar-refractivity contribution is 5.68. The summed E-state index contributed by atoms with van der Waals surface area (Å²) in [6.45, 7) is 1.34. The maximum Gasteiger partial charge on any atom is 0.304 e. The van der Waals surface area contributed by atoms with E-state index in [0.29, 0.717) is 25.6 Å². The van der Waals surface area contributed by atoms with Crippen molar-refractivity contribution < 1.29 is 14.6 Å². The lowest BCUT2D eigenvalue weighted by atomic mass is 9.70. The Kier molecular flexibility index (Phi) is 2.28. The molecule has 0 spiro atoms. The minimum atomic E-state index is -0.671. The number of hydrogen-bond acceptors (Lipinski definition) is 2. The van der Waals surface area contributed by atoms with Crippen LogP contribution in [0.4, 0.5) is 0 Å². The molecule has 0 aromatic heterocycles. The molecule has 0 amide bonds. The molecule has 2 aliphatic rings. The van der Waals surface area contributed by atoms with Crippen LogP contribution < -0.4 is 0 Å². The van der Waals surface area contributed by atoms with Crippen molar-refractivity contribution in [2.75, 3.05) is 13.2 Å². The summed E-state index contributed by atoms with van der Waals surface area (Å²) >= 11 is 0. The summed E-state index contributed by atoms with van der Waals surface area (Å²) in [5.41, 5.74) is 0.00231. The molecule has 0 aromatic carbocycles. The lowest BCUT2D eigenvalue weighted by molar-refractivity contribution is -0.170. The van der Waals surface area contributed by atoms with Gasteiger partial charge in [0, 0.05) is 5.41 Å². The monoisotopic (exact) mass is 184 g/mol. The predicted octanol–water partition coefficient (Wildman–Crippen LogP) is 1.67. The van der Waals surface area contributed by atoms with Crippen molar-refractivity contribution >= 4 is 5.97 Å². The number of aliphatic carboxylic acids is 1. The van der Waals surface area contributed by atoms with E-state index in [0.717, 1.165) is 0 Å². The summed E-state index contributed by atoms with van der Waals surface area (Å²) in [6.07, 6.45) is 5.25. The van der Waals surface area contributed by atoms with Crippen molar-refractivity contribution in [2.45, 2.75) is 32.1 Å². The smallest absolute Gasteiger partial charge is 0.304 e. The SMILES string of the molecule is O=C(O)CC1(C2CCCC2)COC1. The van der Waals surface area contributed by atoms with Crippen molar-refractivity contribution in [2.24, 2.45) is 11.3 Å². The summed E-state index contributed by atoms with van der Waals surface area (Å²) in [4.78, 5) is 10.7. The molecule has 0 bridgehead atoms. The molecular formula is C10H16O3. The first-order valence-corrected chi connectivity index (χ1v) is 5.02. The maximum absolute atomic E-state index is 10.7. The summed E-state index contributed by atoms with van der Waals surface area (Å²) in [6, 6.07) is 0. The fraction of sp³-hybridized carbons (Fsp3) is 0.900. The van der Waals surface area contributed by atoms with E-state index in [2.05, 4.69) is 0 Å². The zero-order chi connectivity index (χ0) is 9.31. The second-order valence-electron chi connectivity index (χ2n) is 4.41. The summed E-state index contributed by atoms with van der Waals surface area (Å²) < 4.78 is 5.19. The minimum absolute atomic E-state index is 0.00231. The van der Waals surface area contributed by atoms with Gasteiger partial charge >= 0.3 is 5.97 Å². The van der Waals surface area contributed by atoms with Crippen LogP contribution in [-0.2, 0) is 9.53 Å². The zero-order valence-electron chi connectivity index (χ0n) is 7.79. The van der Waals surface area contributed by atoms with E-state index >= 15 is 0 Å². The fourth-order valence-electron chi connectivity index (χ4n) is 2.69. The average molecular weight is 184 g/mol. The first-order valence-electron chi connectivity index (χ1n) is 5.02. The van der Waals surface area contributed by atoms with Crippen LogP contribution in [0.2, 0.25) is 0 Å². The minimum Gasteiger partial charge on any atom is -0.481 e. The Labute approximate surface area is 78.1 Å². The summed E-state index contributed by atoms with van der Waals surface area (Å²) in [5, 5.41) is 8.82. The highest BCUT2D eigenvalue weighted by Crippen LogP contribution is 2.47. The standard InChI is InChI=1S/C10H16O3/c11-9(12)5-10(6-13-7-10)8-3-1-2-4-8/h8H,1-7H2,(H,11,12). The largest absolute Gasteiger partial charge is 0.481 e. The Bertz CT molecular complexity index is 202. The van der Waals surface area contributed by atoms with Crippen LogP contribution in [0.1, 0.15) is 32.1 Å². The van der Waals surface area contributed by atoms with Gasteiger partial charge in [-0.2, -0.15) is 0 Å². The van der Waals surface area contributed by atoms with Gasteiger partial charge in [0.2, 0.25) is 0 Å². The van der Waals surface area contributed by atoms with Crippen LogP contribution in [0.3, 0.4) is 0 Å². The van der Waals surface area contributed by atoms with Crippen molar-refractivity contribution in [3.05, 3.63) is 0 Å². The summed E-state index contributed by atoms with van der Waals surface area (Å²) in [5.74, 6) is -0.0625. The second-order valence-corrected chi connectivity index (χ2v) is 4.41. The number of hydrogen-bond donors (Lipinski definition) is 1. The third kappa shape index (κ3) is 1.57. The molecule has 1 N–H and O–H groups in total. The van der Waals surface area contributed by atoms with Crippen molar-refractivity contribution in [3.63, 3.8) is 0 Å². The first kappa shape index (κ1) is 9.00. The van der Waals surface area contributed by atoms with Gasteiger partial charge in [-0.1, -0.05) is 12.8 Å². The number of carboxylic acids is 1. The molecule has 3 heteroatoms. The molecule has 0 atom stereocenters. The van der Waals surface area contributed by atoms with Crippen LogP contribution in [0.25, 0.3) is 0 Å². The molecule has 13 heavy (non-hydrogen) atoms. The lowest BCUT2D eigenvalue weighted by Gasteiger charge is -2.45. The Hall–Kier alpha value is -0.570. The number of carboxylic acid groups (broad SMARTS) is 1. The first-order chi connectivity index (χ1) is 6.23. The molecule has 3 nitrogen and oxygen atoms in total. The molecule has 1 heterocycles. The van der Waals surface area contributed by atoms with Gasteiger partial charge in [0.25, 0.3) is 0 Å². The van der Waals surface area contributed by atoms with Crippen molar-refractivity contribution in [1.82, 2.24) is 0 Å². The maximum atomic E-state index is 10.7. The van der Waals surface area contributed by atoms with Crippen LogP contribution in [0, 0.1) is 11.3 Å². The highest BCUT2D eigenvalue weighted by atomic mass is 16.5. The Morgan fingerprint density at radius 2 is 2.00 bits per heavy atom. The van der Waals surface area contributed by atoms with Crippen molar-refractivity contribution in [1.29, 1.82) is 0 Å². The Balaban J connectivity index is 2.01. The second kappa shape index (κ2) is 3.29. The van der Waals surface area contributed by atoms with E-state index in [4.69, 9.17) is 9.84 Å². The summed E-state index contributed by atoms with van der Waals surface area (Å²) in [7, 11) is 0. The predicted molar refractivity (Wildman–Crippen MR) is 47.5 cm³/mol. The van der Waals surface area contributed by atoms with E-state index in [9.17, 15) is 4.79 Å². The average Bonchev–Trinajstić information content (AvgIpc) is 2.48. The lowest BCUT2D eigenvalue weighted by Crippen LogP contribution is -2.49. The van der Waals surface area contributed by atoms with Crippen LogP contribution in [0.5, 0.6) is 0 Å². The van der Waals surface area contributed by atoms with E-state index in [1.54, 1.807) is 0 Å². The van der Waals surface area contributed by atoms with E-state index < -0.39 is 5.97 Å². The number of ether oxygens (including phenoxy) is 1. The Morgan fingerprint density at radius 3 is 2.38 bits per heavy atom. The molecule has 1 aliphatic carbocycles. The topological polar surface area (TPSA) is 46.5 Å². The molecule has 74 valence electrons. The van der Waals surface area contributed by atoms with E-state index in [1.807, 2.05) is 0 Å². The molecule has 2 fully saturated rings. The van der Waals surface area contributed by atoms with Crippen molar-refractivity contribution in [3.8, 4) is 0 Å². The van der Waals surface area contributed by atoms with E-state index in [-0.39, 0.29) is 5.41 Å².